The molecule has 0 N–H and O–H groups in total. The predicted octanol–water partition coefficient (Wildman–Crippen LogP) is 11.1. The molecule has 0 aromatic heterocycles. The lowest BCUT2D eigenvalue weighted by Gasteiger charge is -2.35. The molecule has 2 aliphatic heterocycles. The molecule has 2 heterocycles. The van der Waals surface area contributed by atoms with E-state index in [2.05, 4.69) is 174 Å². The summed E-state index contributed by atoms with van der Waals surface area (Å²) in [7, 11) is 0. The summed E-state index contributed by atoms with van der Waals surface area (Å²) >= 11 is 0. The van der Waals surface area contributed by atoms with E-state index in [4.69, 9.17) is 0 Å². The van der Waals surface area contributed by atoms with Gasteiger partial charge in [0.05, 0.1) is 23.4 Å². The Morgan fingerprint density at radius 3 is 2.08 bits per heavy atom. The van der Waals surface area contributed by atoms with E-state index in [9.17, 15) is 5.26 Å². The van der Waals surface area contributed by atoms with Crippen molar-refractivity contribution >= 4 is 22.7 Å². The number of anilines is 4. The molecule has 0 spiro atoms. The van der Waals surface area contributed by atoms with Crippen LogP contribution in [0, 0.1) is 11.3 Å². The number of para-hydroxylation sites is 2. The fourth-order valence-electron chi connectivity index (χ4n) is 7.96. The van der Waals surface area contributed by atoms with Gasteiger partial charge in [-0.15, -0.1) is 0 Å². The van der Waals surface area contributed by atoms with E-state index in [-0.39, 0.29) is 11.5 Å². The van der Waals surface area contributed by atoms with Crippen LogP contribution in [0.25, 0.3) is 33.4 Å². The van der Waals surface area contributed by atoms with Crippen LogP contribution < -0.4 is 9.80 Å². The Morgan fingerprint density at radius 2 is 1.29 bits per heavy atom. The molecule has 48 heavy (non-hydrogen) atoms. The molecule has 6 aromatic carbocycles. The highest BCUT2D eigenvalue weighted by atomic mass is 15.2. The van der Waals surface area contributed by atoms with Gasteiger partial charge in [0, 0.05) is 40.1 Å². The summed E-state index contributed by atoms with van der Waals surface area (Å²) in [5.41, 5.74) is 15.0. The molecular weight excluding hydrogens is 583 g/mol. The maximum absolute atomic E-state index is 9.90. The second-order valence-electron chi connectivity index (χ2n) is 13.1. The normalized spacial score (nSPS) is 18.5. The van der Waals surface area contributed by atoms with Crippen molar-refractivity contribution in [1.82, 2.24) is 0 Å². The van der Waals surface area contributed by atoms with Crippen molar-refractivity contribution in [2.24, 2.45) is 0 Å². The number of hydrogen-bond acceptors (Lipinski definition) is 3. The molecule has 0 saturated heterocycles. The minimum atomic E-state index is -0.152. The van der Waals surface area contributed by atoms with Gasteiger partial charge in [0.25, 0.3) is 0 Å². The maximum Gasteiger partial charge on any atom is 0.0992 e. The van der Waals surface area contributed by atoms with Gasteiger partial charge < -0.3 is 9.80 Å². The van der Waals surface area contributed by atoms with E-state index in [1.165, 1.54) is 50.4 Å². The van der Waals surface area contributed by atoms with Gasteiger partial charge in [0.15, 0.2) is 0 Å². The van der Waals surface area contributed by atoms with Gasteiger partial charge in [0.2, 0.25) is 0 Å². The van der Waals surface area contributed by atoms with Crippen molar-refractivity contribution in [3.8, 4) is 39.4 Å². The third-order valence-corrected chi connectivity index (χ3v) is 10.4. The number of benzene rings is 6. The van der Waals surface area contributed by atoms with E-state index >= 15 is 0 Å². The van der Waals surface area contributed by atoms with E-state index in [1.54, 1.807) is 0 Å². The van der Waals surface area contributed by atoms with E-state index in [0.29, 0.717) is 5.56 Å². The molecular formula is C45H33N3. The highest BCUT2D eigenvalue weighted by Gasteiger charge is 2.46. The average Bonchev–Trinajstić information content (AvgIpc) is 3.42. The van der Waals surface area contributed by atoms with Crippen LogP contribution in [0.2, 0.25) is 0 Å². The van der Waals surface area contributed by atoms with Gasteiger partial charge >= 0.3 is 0 Å². The number of hydrogen-bond donors (Lipinski definition) is 0. The smallest absolute Gasteiger partial charge is 0.0992 e. The summed E-state index contributed by atoms with van der Waals surface area (Å²) in [5.74, 6) is 0. The molecule has 9 rings (SSSR count). The molecule has 0 saturated carbocycles. The molecule has 3 aliphatic rings. The Balaban J connectivity index is 1.05. The highest BCUT2D eigenvalue weighted by molar-refractivity contribution is 5.89. The first kappa shape index (κ1) is 28.1. The van der Waals surface area contributed by atoms with Crippen LogP contribution in [0.15, 0.2) is 164 Å². The minimum Gasteiger partial charge on any atom is -0.336 e. The quantitative estimate of drug-likeness (QED) is 0.198. The highest BCUT2D eigenvalue weighted by Crippen LogP contribution is 2.53. The van der Waals surface area contributed by atoms with E-state index < -0.39 is 0 Å². The first-order valence-electron chi connectivity index (χ1n) is 16.6. The summed E-state index contributed by atoms with van der Waals surface area (Å²) in [6.45, 7) is 3.16. The standard InChI is InChI=1S/C45H33N3/c1-45-27-9-8-16-44(45)48(42-15-7-5-13-40(42)45)43-28-31(29-46)17-26-38(43)34-20-18-32(19-21-34)33-22-24-36(25-23-33)47-30-35-10-2-3-11-37(35)39-12-4-6-14-41(39)47/h2-28,44H,30H2,1H3. The fraction of sp³-hybridized carbons (Fsp3) is 0.0889. The summed E-state index contributed by atoms with van der Waals surface area (Å²) in [6, 6.07) is 52.4. The Bertz CT molecular complexity index is 2310. The van der Waals surface area contributed by atoms with Crippen LogP contribution in [0.1, 0.15) is 23.6 Å². The van der Waals surface area contributed by atoms with Crippen molar-refractivity contribution in [2.45, 2.75) is 24.9 Å². The second-order valence-corrected chi connectivity index (χ2v) is 13.1. The van der Waals surface area contributed by atoms with Gasteiger partial charge in [-0.25, -0.2) is 0 Å². The molecule has 228 valence electrons. The van der Waals surface area contributed by atoms with Crippen molar-refractivity contribution in [1.29, 1.82) is 5.26 Å². The minimum absolute atomic E-state index is 0.116. The molecule has 2 atom stereocenters. The number of nitriles is 1. The molecule has 0 amide bonds. The Morgan fingerprint density at radius 1 is 0.625 bits per heavy atom. The van der Waals surface area contributed by atoms with Crippen LogP contribution in [-0.4, -0.2) is 6.04 Å². The lowest BCUT2D eigenvalue weighted by Crippen LogP contribution is -2.39. The van der Waals surface area contributed by atoms with E-state index in [0.717, 1.165) is 23.4 Å². The van der Waals surface area contributed by atoms with Crippen molar-refractivity contribution in [3.05, 3.63) is 181 Å². The molecule has 1 aliphatic carbocycles. The lowest BCUT2D eigenvalue weighted by atomic mass is 9.76. The van der Waals surface area contributed by atoms with Crippen molar-refractivity contribution in [3.63, 3.8) is 0 Å². The van der Waals surface area contributed by atoms with Crippen LogP contribution in [-0.2, 0) is 12.0 Å². The Hall–Kier alpha value is -6.11. The number of allylic oxidation sites excluding steroid dienone is 2. The summed E-state index contributed by atoms with van der Waals surface area (Å²) in [4.78, 5) is 4.84. The van der Waals surface area contributed by atoms with Crippen LogP contribution in [0.4, 0.5) is 22.7 Å². The van der Waals surface area contributed by atoms with Gasteiger partial charge in [-0.1, -0.05) is 127 Å². The van der Waals surface area contributed by atoms with Gasteiger partial charge in [-0.05, 0) is 76.7 Å². The second kappa shape index (κ2) is 11.0. The molecule has 3 heteroatoms. The third-order valence-electron chi connectivity index (χ3n) is 10.4. The zero-order valence-corrected chi connectivity index (χ0v) is 26.7. The zero-order chi connectivity index (χ0) is 32.2. The lowest BCUT2D eigenvalue weighted by molar-refractivity contribution is 0.551. The van der Waals surface area contributed by atoms with Gasteiger partial charge in [-0.2, -0.15) is 5.26 Å². The topological polar surface area (TPSA) is 30.3 Å². The summed E-state index contributed by atoms with van der Waals surface area (Å²) in [6.07, 6.45) is 8.89. The number of rotatable bonds is 4. The molecule has 0 radical (unpaired) electrons. The monoisotopic (exact) mass is 615 g/mol. The number of fused-ring (bicyclic) bond motifs is 6. The summed E-state index contributed by atoms with van der Waals surface area (Å²) in [5, 5.41) is 9.90. The third kappa shape index (κ3) is 4.34. The average molecular weight is 616 g/mol. The van der Waals surface area contributed by atoms with Crippen molar-refractivity contribution < 1.29 is 0 Å². The molecule has 0 fully saturated rings. The molecule has 0 bridgehead atoms. The predicted molar refractivity (Wildman–Crippen MR) is 198 cm³/mol. The molecule has 6 aromatic rings. The van der Waals surface area contributed by atoms with Crippen LogP contribution in [0.5, 0.6) is 0 Å². The maximum atomic E-state index is 9.90. The first-order valence-corrected chi connectivity index (χ1v) is 16.6. The Labute approximate surface area is 282 Å². The SMILES string of the molecule is CC12C=CC=CC1N(c1cc(C#N)ccc1-c1ccc(-c3ccc(N4Cc5ccccc5-c5ccccc54)cc3)cc1)c1ccccc12. The molecule has 2 unspecified atom stereocenters. The molecule has 3 nitrogen and oxygen atoms in total. The summed E-state index contributed by atoms with van der Waals surface area (Å²) < 4.78 is 0. The largest absolute Gasteiger partial charge is 0.336 e. The van der Waals surface area contributed by atoms with Crippen molar-refractivity contribution in [2.75, 3.05) is 9.80 Å². The van der Waals surface area contributed by atoms with Gasteiger partial charge in [-0.3, -0.25) is 0 Å². The zero-order valence-electron chi connectivity index (χ0n) is 26.7. The fourth-order valence-corrected chi connectivity index (χ4v) is 7.96. The van der Waals surface area contributed by atoms with E-state index in [1.807, 2.05) is 12.1 Å². The first-order chi connectivity index (χ1) is 23.6. The number of nitrogens with zero attached hydrogens (tertiary/aromatic N) is 3. The van der Waals surface area contributed by atoms with Crippen LogP contribution >= 0.6 is 0 Å². The Kier molecular flexibility index (Phi) is 6.45. The van der Waals surface area contributed by atoms with Crippen LogP contribution in [0.3, 0.4) is 0 Å². The van der Waals surface area contributed by atoms with Gasteiger partial charge in [0.1, 0.15) is 0 Å².